The summed E-state index contributed by atoms with van der Waals surface area (Å²) in [6.07, 6.45) is 1.73. The van der Waals surface area contributed by atoms with E-state index >= 15 is 0 Å². The molecule has 0 saturated carbocycles. The van der Waals surface area contributed by atoms with Gasteiger partial charge in [0.05, 0.1) is 11.2 Å². The van der Waals surface area contributed by atoms with Gasteiger partial charge in [-0.15, -0.1) is 0 Å². The van der Waals surface area contributed by atoms with E-state index in [0.717, 1.165) is 5.76 Å². The molecular weight excluding hydrogens is 220 g/mol. The maximum absolute atomic E-state index is 5.20. The maximum Gasteiger partial charge on any atom is 0.115 e. The van der Waals surface area contributed by atoms with Crippen LogP contribution in [-0.2, 0) is 0 Å². The quantitative estimate of drug-likeness (QED) is 0.720. The van der Waals surface area contributed by atoms with Crippen LogP contribution in [0, 0.1) is 6.92 Å². The first-order chi connectivity index (χ1) is 6.36. The van der Waals surface area contributed by atoms with Gasteiger partial charge in [0.25, 0.3) is 0 Å². The SMILES string of the molecule is Cc1occc1SSc1ccsc1. The van der Waals surface area contributed by atoms with Gasteiger partial charge in [-0.3, -0.25) is 0 Å². The average Bonchev–Trinajstić information content (AvgIpc) is 2.72. The highest BCUT2D eigenvalue weighted by atomic mass is 33.1. The second-order valence-corrected chi connectivity index (χ2v) is 5.49. The highest BCUT2D eigenvalue weighted by Gasteiger charge is 2.02. The van der Waals surface area contributed by atoms with Crippen LogP contribution >= 0.6 is 32.9 Å². The maximum atomic E-state index is 5.20. The normalized spacial score (nSPS) is 10.5. The molecule has 0 amide bonds. The van der Waals surface area contributed by atoms with Crippen LogP contribution in [0.5, 0.6) is 0 Å². The van der Waals surface area contributed by atoms with Gasteiger partial charge in [0, 0.05) is 10.3 Å². The van der Waals surface area contributed by atoms with Crippen LogP contribution in [0.3, 0.4) is 0 Å². The number of furan rings is 1. The summed E-state index contributed by atoms with van der Waals surface area (Å²) in [7, 11) is 3.51. The van der Waals surface area contributed by atoms with Gasteiger partial charge in [-0.1, -0.05) is 10.8 Å². The van der Waals surface area contributed by atoms with Crippen LogP contribution in [0.4, 0.5) is 0 Å². The zero-order valence-corrected chi connectivity index (χ0v) is 9.47. The fraction of sp³-hybridized carbons (Fsp3) is 0.111. The number of thiophene rings is 1. The van der Waals surface area contributed by atoms with Crippen molar-refractivity contribution >= 4 is 32.9 Å². The van der Waals surface area contributed by atoms with E-state index in [0.29, 0.717) is 0 Å². The lowest BCUT2D eigenvalue weighted by Crippen LogP contribution is -1.64. The fourth-order valence-electron chi connectivity index (χ4n) is 0.852. The summed E-state index contributed by atoms with van der Waals surface area (Å²) in [5, 5.41) is 4.23. The van der Waals surface area contributed by atoms with Crippen molar-refractivity contribution in [1.82, 2.24) is 0 Å². The van der Waals surface area contributed by atoms with Crippen molar-refractivity contribution in [3.63, 3.8) is 0 Å². The van der Waals surface area contributed by atoms with E-state index in [9.17, 15) is 0 Å². The van der Waals surface area contributed by atoms with Crippen molar-refractivity contribution in [2.45, 2.75) is 16.7 Å². The molecule has 0 aliphatic heterocycles. The summed E-state index contributed by atoms with van der Waals surface area (Å²) in [6.45, 7) is 1.98. The van der Waals surface area contributed by atoms with Gasteiger partial charge in [-0.05, 0) is 35.2 Å². The van der Waals surface area contributed by atoms with Gasteiger partial charge in [0.15, 0.2) is 0 Å². The van der Waals surface area contributed by atoms with Crippen molar-refractivity contribution < 1.29 is 4.42 Å². The van der Waals surface area contributed by atoms with Crippen LogP contribution in [0.15, 0.2) is 43.4 Å². The first-order valence-corrected chi connectivity index (χ1v) is 6.86. The van der Waals surface area contributed by atoms with Crippen LogP contribution in [-0.4, -0.2) is 0 Å². The Hall–Kier alpha value is -0.320. The van der Waals surface area contributed by atoms with Gasteiger partial charge in [0.2, 0.25) is 0 Å². The smallest absolute Gasteiger partial charge is 0.115 e. The third kappa shape index (κ3) is 2.33. The molecule has 0 fully saturated rings. The topological polar surface area (TPSA) is 13.1 Å². The summed E-state index contributed by atoms with van der Waals surface area (Å²) in [6, 6.07) is 4.12. The average molecular weight is 228 g/mol. The minimum atomic E-state index is 0.993. The molecule has 2 aromatic heterocycles. The second kappa shape index (κ2) is 4.26. The number of hydrogen-bond donors (Lipinski definition) is 0. The van der Waals surface area contributed by atoms with Crippen molar-refractivity contribution in [1.29, 1.82) is 0 Å². The van der Waals surface area contributed by atoms with Crippen molar-refractivity contribution in [2.75, 3.05) is 0 Å². The van der Waals surface area contributed by atoms with E-state index in [1.165, 1.54) is 9.79 Å². The lowest BCUT2D eigenvalue weighted by atomic mass is 10.5. The molecule has 0 aliphatic carbocycles. The molecule has 0 saturated heterocycles. The van der Waals surface area contributed by atoms with Crippen LogP contribution in [0.2, 0.25) is 0 Å². The molecular formula is C9H8OS3. The predicted octanol–water partition coefficient (Wildman–Crippen LogP) is 4.45. The largest absolute Gasteiger partial charge is 0.468 e. The minimum absolute atomic E-state index is 0.993. The molecule has 0 bridgehead atoms. The van der Waals surface area contributed by atoms with Crippen LogP contribution < -0.4 is 0 Å². The Morgan fingerprint density at radius 3 is 2.85 bits per heavy atom. The standard InChI is InChI=1S/C9H8OS3/c1-7-9(2-4-10-7)13-12-8-3-5-11-6-8/h2-6H,1H3. The van der Waals surface area contributed by atoms with Gasteiger partial charge >= 0.3 is 0 Å². The van der Waals surface area contributed by atoms with Crippen LogP contribution in [0.25, 0.3) is 0 Å². The molecule has 0 atom stereocenters. The van der Waals surface area contributed by atoms with Crippen molar-refractivity contribution in [2.24, 2.45) is 0 Å². The number of rotatable bonds is 3. The highest BCUT2D eigenvalue weighted by molar-refractivity contribution is 8.76. The van der Waals surface area contributed by atoms with E-state index in [2.05, 4.69) is 16.8 Å². The van der Waals surface area contributed by atoms with Gasteiger partial charge in [-0.2, -0.15) is 11.3 Å². The molecule has 0 unspecified atom stereocenters. The Balaban J connectivity index is 1.97. The van der Waals surface area contributed by atoms with Gasteiger partial charge in [-0.25, -0.2) is 0 Å². The lowest BCUT2D eigenvalue weighted by molar-refractivity contribution is 0.527. The molecule has 0 aliphatic rings. The Morgan fingerprint density at radius 1 is 1.31 bits per heavy atom. The summed E-state index contributed by atoms with van der Waals surface area (Å²) in [5.41, 5.74) is 0. The summed E-state index contributed by atoms with van der Waals surface area (Å²) < 4.78 is 5.20. The van der Waals surface area contributed by atoms with E-state index in [4.69, 9.17) is 4.42 Å². The predicted molar refractivity (Wildman–Crippen MR) is 59.5 cm³/mol. The molecule has 13 heavy (non-hydrogen) atoms. The van der Waals surface area contributed by atoms with Gasteiger partial charge < -0.3 is 4.42 Å². The third-order valence-corrected chi connectivity index (χ3v) is 4.87. The number of aryl methyl sites for hydroxylation is 1. The molecule has 68 valence electrons. The monoisotopic (exact) mass is 228 g/mol. The summed E-state index contributed by atoms with van der Waals surface area (Å²) in [4.78, 5) is 2.51. The van der Waals surface area contributed by atoms with E-state index in [-0.39, 0.29) is 0 Å². The molecule has 0 radical (unpaired) electrons. The third-order valence-electron chi connectivity index (χ3n) is 1.53. The number of hydrogen-bond acceptors (Lipinski definition) is 4. The van der Waals surface area contributed by atoms with E-state index in [1.807, 2.05) is 13.0 Å². The van der Waals surface area contributed by atoms with E-state index in [1.54, 1.807) is 39.2 Å². The minimum Gasteiger partial charge on any atom is -0.468 e. The lowest BCUT2D eigenvalue weighted by Gasteiger charge is -1.95. The fourth-order valence-corrected chi connectivity index (χ4v) is 3.96. The Morgan fingerprint density at radius 2 is 2.23 bits per heavy atom. The Kier molecular flexibility index (Phi) is 3.03. The van der Waals surface area contributed by atoms with Crippen molar-refractivity contribution in [3.05, 3.63) is 34.9 Å². The molecule has 2 rings (SSSR count). The zero-order chi connectivity index (χ0) is 9.10. The molecule has 0 N–H and O–H groups in total. The molecule has 0 spiro atoms. The van der Waals surface area contributed by atoms with Gasteiger partial charge in [0.1, 0.15) is 5.76 Å². The zero-order valence-electron chi connectivity index (χ0n) is 7.02. The van der Waals surface area contributed by atoms with E-state index < -0.39 is 0 Å². The molecule has 1 nitrogen and oxygen atoms in total. The summed E-state index contributed by atoms with van der Waals surface area (Å²) >= 11 is 1.72. The molecule has 0 aromatic carbocycles. The van der Waals surface area contributed by atoms with Crippen LogP contribution in [0.1, 0.15) is 5.76 Å². The highest BCUT2D eigenvalue weighted by Crippen LogP contribution is 2.39. The second-order valence-electron chi connectivity index (χ2n) is 2.47. The first-order valence-electron chi connectivity index (χ1n) is 3.77. The Bertz CT molecular complexity index is 364. The van der Waals surface area contributed by atoms with Crippen molar-refractivity contribution in [3.8, 4) is 0 Å². The first kappa shape index (κ1) is 9.24. The Labute approximate surface area is 88.9 Å². The molecule has 2 heterocycles. The molecule has 4 heteroatoms. The summed E-state index contributed by atoms with van der Waals surface area (Å²) in [5.74, 6) is 0.993. The molecule has 2 aromatic rings.